The summed E-state index contributed by atoms with van der Waals surface area (Å²) in [6.45, 7) is 7.60. The quantitative estimate of drug-likeness (QED) is 0.627. The largest absolute Gasteiger partial charge is 0.335 e. The molecule has 5 nitrogen and oxygen atoms in total. The van der Waals surface area contributed by atoms with Gasteiger partial charge in [0.1, 0.15) is 17.6 Å². The minimum absolute atomic E-state index is 0.224. The molecule has 3 aromatic rings. The lowest BCUT2D eigenvalue weighted by Gasteiger charge is -2.19. The number of rotatable bonds is 8. The Bertz CT molecular complexity index is 960. The molecule has 2 aromatic carbocycles. The van der Waals surface area contributed by atoms with E-state index in [2.05, 4.69) is 23.3 Å². The standard InChI is InChI=1S/C20H25N3O2S2/c1-4-23(5-2)27(24,25)17-12-10-16(11-13-17)15(3)21-14-20-22-18-8-6-7-9-19(18)26-20/h6-13,15,21H,4-5,14H2,1-3H3/p+1/t15-/m1/s1. The number of fused-ring (bicyclic) bond motifs is 1. The van der Waals surface area contributed by atoms with Gasteiger partial charge < -0.3 is 5.32 Å². The van der Waals surface area contributed by atoms with Crippen molar-refractivity contribution in [3.63, 3.8) is 0 Å². The van der Waals surface area contributed by atoms with Crippen molar-refractivity contribution in [3.05, 3.63) is 59.1 Å². The molecule has 0 spiro atoms. The van der Waals surface area contributed by atoms with Crippen molar-refractivity contribution >= 4 is 31.6 Å². The molecule has 0 amide bonds. The van der Waals surface area contributed by atoms with Crippen molar-refractivity contribution in [1.29, 1.82) is 0 Å². The first-order valence-electron chi connectivity index (χ1n) is 9.23. The predicted octanol–water partition coefficient (Wildman–Crippen LogP) is 3.15. The van der Waals surface area contributed by atoms with Gasteiger partial charge in [0.25, 0.3) is 0 Å². The highest BCUT2D eigenvalue weighted by Gasteiger charge is 2.22. The Labute approximate surface area is 165 Å². The van der Waals surface area contributed by atoms with Crippen molar-refractivity contribution in [2.45, 2.75) is 38.3 Å². The number of benzene rings is 2. The number of nitrogens with two attached hydrogens (primary N) is 1. The van der Waals surface area contributed by atoms with Crippen LogP contribution in [0.5, 0.6) is 0 Å². The smallest absolute Gasteiger partial charge is 0.243 e. The Morgan fingerprint density at radius 1 is 1.07 bits per heavy atom. The molecular weight excluding hydrogens is 378 g/mol. The number of hydrogen-bond donors (Lipinski definition) is 1. The van der Waals surface area contributed by atoms with Gasteiger partial charge in [-0.3, -0.25) is 0 Å². The Balaban J connectivity index is 1.67. The molecule has 1 aromatic heterocycles. The summed E-state index contributed by atoms with van der Waals surface area (Å²) in [5.74, 6) is 0. The van der Waals surface area contributed by atoms with Crippen LogP contribution >= 0.6 is 11.3 Å². The molecule has 0 saturated heterocycles. The van der Waals surface area contributed by atoms with Crippen LogP contribution < -0.4 is 5.32 Å². The van der Waals surface area contributed by atoms with Gasteiger partial charge in [-0.2, -0.15) is 4.31 Å². The van der Waals surface area contributed by atoms with Crippen LogP contribution in [0.25, 0.3) is 10.2 Å². The first-order chi connectivity index (χ1) is 13.0. The highest BCUT2D eigenvalue weighted by molar-refractivity contribution is 7.89. The van der Waals surface area contributed by atoms with Gasteiger partial charge in [-0.05, 0) is 31.2 Å². The second kappa shape index (κ2) is 8.48. The maximum absolute atomic E-state index is 12.6. The zero-order chi connectivity index (χ0) is 19.4. The Morgan fingerprint density at radius 3 is 2.37 bits per heavy atom. The molecule has 3 rings (SSSR count). The van der Waals surface area contributed by atoms with Gasteiger partial charge in [-0.15, -0.1) is 11.3 Å². The number of para-hydroxylation sites is 1. The van der Waals surface area contributed by atoms with Crippen molar-refractivity contribution in [2.24, 2.45) is 0 Å². The fourth-order valence-corrected chi connectivity index (χ4v) is 5.48. The minimum atomic E-state index is -3.40. The lowest BCUT2D eigenvalue weighted by atomic mass is 10.1. The fraction of sp³-hybridized carbons (Fsp3) is 0.350. The average molecular weight is 405 g/mol. The Hall–Kier alpha value is -1.80. The van der Waals surface area contributed by atoms with E-state index < -0.39 is 10.0 Å². The molecule has 1 atom stereocenters. The zero-order valence-corrected chi connectivity index (χ0v) is 17.6. The van der Waals surface area contributed by atoms with E-state index in [1.54, 1.807) is 23.5 Å². The second-order valence-electron chi connectivity index (χ2n) is 6.46. The Morgan fingerprint density at radius 2 is 1.74 bits per heavy atom. The zero-order valence-electron chi connectivity index (χ0n) is 15.9. The summed E-state index contributed by atoms with van der Waals surface area (Å²) in [5, 5.41) is 3.33. The fourth-order valence-electron chi connectivity index (χ4n) is 3.08. The first-order valence-corrected chi connectivity index (χ1v) is 11.5. The van der Waals surface area contributed by atoms with E-state index in [0.717, 1.165) is 22.6 Å². The van der Waals surface area contributed by atoms with Gasteiger partial charge in [-0.1, -0.05) is 38.1 Å². The maximum Gasteiger partial charge on any atom is 0.243 e. The van der Waals surface area contributed by atoms with Crippen LogP contribution in [-0.4, -0.2) is 30.8 Å². The van der Waals surface area contributed by atoms with Crippen LogP contribution in [0.15, 0.2) is 53.4 Å². The Kier molecular flexibility index (Phi) is 6.26. The molecule has 0 aliphatic carbocycles. The number of aromatic nitrogens is 1. The monoisotopic (exact) mass is 404 g/mol. The van der Waals surface area contributed by atoms with E-state index in [9.17, 15) is 8.42 Å². The molecule has 0 bridgehead atoms. The minimum Gasteiger partial charge on any atom is -0.335 e. The summed E-state index contributed by atoms with van der Waals surface area (Å²) in [6.07, 6.45) is 0. The van der Waals surface area contributed by atoms with E-state index in [-0.39, 0.29) is 6.04 Å². The highest BCUT2D eigenvalue weighted by Crippen LogP contribution is 2.21. The summed E-state index contributed by atoms with van der Waals surface area (Å²) in [4.78, 5) is 5.02. The lowest BCUT2D eigenvalue weighted by molar-refractivity contribution is -0.707. The van der Waals surface area contributed by atoms with Gasteiger partial charge in [0.15, 0.2) is 0 Å². The van der Waals surface area contributed by atoms with Crippen molar-refractivity contribution in [1.82, 2.24) is 9.29 Å². The first kappa shape index (κ1) is 19.9. The van der Waals surface area contributed by atoms with Crippen LogP contribution in [0, 0.1) is 0 Å². The summed E-state index contributed by atoms with van der Waals surface area (Å²) >= 11 is 1.72. The van der Waals surface area contributed by atoms with Gasteiger partial charge in [0.2, 0.25) is 10.0 Å². The predicted molar refractivity (Wildman–Crippen MR) is 110 cm³/mol. The molecule has 0 saturated carbocycles. The topological polar surface area (TPSA) is 66.9 Å². The third-order valence-electron chi connectivity index (χ3n) is 4.73. The van der Waals surface area contributed by atoms with Crippen LogP contribution in [0.4, 0.5) is 0 Å². The number of sulfonamides is 1. The molecule has 144 valence electrons. The number of quaternary nitrogens is 1. The molecule has 1 heterocycles. The van der Waals surface area contributed by atoms with E-state index in [1.807, 2.05) is 44.2 Å². The summed E-state index contributed by atoms with van der Waals surface area (Å²) < 4.78 is 27.9. The van der Waals surface area contributed by atoms with E-state index in [0.29, 0.717) is 18.0 Å². The second-order valence-corrected chi connectivity index (χ2v) is 9.52. The van der Waals surface area contributed by atoms with Crippen molar-refractivity contribution < 1.29 is 13.7 Å². The van der Waals surface area contributed by atoms with Crippen molar-refractivity contribution in [3.8, 4) is 0 Å². The number of nitrogens with zero attached hydrogens (tertiary/aromatic N) is 2. The van der Waals surface area contributed by atoms with E-state index in [1.165, 1.54) is 9.01 Å². The van der Waals surface area contributed by atoms with Crippen LogP contribution in [0.1, 0.15) is 37.4 Å². The molecule has 0 radical (unpaired) electrons. The molecular formula is C20H26N3O2S2+. The SMILES string of the molecule is CCN(CC)S(=O)(=O)c1ccc([C@@H](C)[NH2+]Cc2nc3ccccc3s2)cc1. The van der Waals surface area contributed by atoms with Gasteiger partial charge in [-0.25, -0.2) is 13.4 Å². The maximum atomic E-state index is 12.6. The van der Waals surface area contributed by atoms with Crippen LogP contribution in [0.2, 0.25) is 0 Å². The van der Waals surface area contributed by atoms with Gasteiger partial charge in [0, 0.05) is 18.7 Å². The summed E-state index contributed by atoms with van der Waals surface area (Å²) in [7, 11) is -3.40. The molecule has 0 aliphatic heterocycles. The van der Waals surface area contributed by atoms with Gasteiger partial charge in [0.05, 0.1) is 15.1 Å². The molecule has 0 unspecified atom stereocenters. The lowest BCUT2D eigenvalue weighted by Crippen LogP contribution is -2.83. The third kappa shape index (κ3) is 4.38. The molecule has 2 N–H and O–H groups in total. The van der Waals surface area contributed by atoms with Crippen LogP contribution in [-0.2, 0) is 16.6 Å². The number of hydrogen-bond acceptors (Lipinski definition) is 4. The van der Waals surface area contributed by atoms with E-state index >= 15 is 0 Å². The molecule has 27 heavy (non-hydrogen) atoms. The number of thiazole rings is 1. The third-order valence-corrected chi connectivity index (χ3v) is 7.86. The molecule has 0 fully saturated rings. The average Bonchev–Trinajstić information content (AvgIpc) is 3.10. The van der Waals surface area contributed by atoms with Gasteiger partial charge >= 0.3 is 0 Å². The van der Waals surface area contributed by atoms with Crippen molar-refractivity contribution in [2.75, 3.05) is 13.1 Å². The summed E-state index contributed by atoms with van der Waals surface area (Å²) in [6, 6.07) is 15.6. The highest BCUT2D eigenvalue weighted by atomic mass is 32.2. The van der Waals surface area contributed by atoms with Crippen LogP contribution in [0.3, 0.4) is 0 Å². The van der Waals surface area contributed by atoms with E-state index in [4.69, 9.17) is 0 Å². The molecule has 7 heteroatoms. The normalized spacial score (nSPS) is 13.3. The molecule has 0 aliphatic rings. The summed E-state index contributed by atoms with van der Waals surface area (Å²) in [5.41, 5.74) is 2.15.